The van der Waals surface area contributed by atoms with Gasteiger partial charge in [0.15, 0.2) is 0 Å². The highest BCUT2D eigenvalue weighted by Crippen LogP contribution is 2.21. The number of carbonyl (C=O) groups is 1. The van der Waals surface area contributed by atoms with Gasteiger partial charge in [0.1, 0.15) is 16.4 Å². The Balaban J connectivity index is 1.99. The van der Waals surface area contributed by atoms with Gasteiger partial charge in [-0.2, -0.15) is 0 Å². The number of carboxylic acids is 1. The molecule has 1 aromatic carbocycles. The maximum Gasteiger partial charge on any atom is 0.311 e. The lowest BCUT2D eigenvalue weighted by Crippen LogP contribution is -2.04. The molecule has 2 rings (SSSR count). The molecule has 2 aromatic rings. The number of carboxylic acid groups (broad SMARTS) is 1. The average Bonchev–Trinajstić information content (AvgIpc) is 2.95. The average molecular weight is 337 g/mol. The van der Waals surface area contributed by atoms with Gasteiger partial charge in [-0.05, 0) is 24.3 Å². The SMILES string of the molecule is C=C(CC(=O)O)ONc1ccc(-c2nnc(C(=S)S)o2)cc1. The second-order valence-electron chi connectivity index (χ2n) is 4.11. The second-order valence-corrected chi connectivity index (χ2v) is 5.27. The molecule has 0 spiro atoms. The summed E-state index contributed by atoms with van der Waals surface area (Å²) in [4.78, 5) is 15.5. The number of nitrogens with one attached hydrogen (secondary N) is 1. The molecule has 2 N–H and O–H groups in total. The minimum atomic E-state index is -1.02. The second kappa shape index (κ2) is 7.05. The maximum atomic E-state index is 10.5. The van der Waals surface area contributed by atoms with Crippen molar-refractivity contribution in [2.45, 2.75) is 6.42 Å². The monoisotopic (exact) mass is 337 g/mol. The summed E-state index contributed by atoms with van der Waals surface area (Å²) in [5.74, 6) is -0.421. The lowest BCUT2D eigenvalue weighted by molar-refractivity contribution is -0.136. The normalized spacial score (nSPS) is 10.0. The van der Waals surface area contributed by atoms with E-state index in [1.807, 2.05) is 0 Å². The molecule has 0 saturated carbocycles. The number of hydrogen-bond acceptors (Lipinski definition) is 7. The van der Waals surface area contributed by atoms with Crippen LogP contribution in [-0.4, -0.2) is 25.5 Å². The first kappa shape index (κ1) is 16.0. The number of anilines is 1. The van der Waals surface area contributed by atoms with Crippen molar-refractivity contribution in [2.24, 2.45) is 0 Å². The molecule has 114 valence electrons. The van der Waals surface area contributed by atoms with E-state index in [1.165, 1.54) is 0 Å². The highest BCUT2D eigenvalue weighted by Gasteiger charge is 2.10. The van der Waals surface area contributed by atoms with E-state index < -0.39 is 5.97 Å². The maximum absolute atomic E-state index is 10.5. The van der Waals surface area contributed by atoms with E-state index in [4.69, 9.17) is 26.6 Å². The van der Waals surface area contributed by atoms with Crippen LogP contribution >= 0.6 is 24.8 Å². The van der Waals surface area contributed by atoms with Gasteiger partial charge in [0.2, 0.25) is 5.89 Å². The van der Waals surface area contributed by atoms with Gasteiger partial charge in [-0.15, -0.1) is 22.8 Å². The zero-order chi connectivity index (χ0) is 16.1. The van der Waals surface area contributed by atoms with Crippen molar-refractivity contribution in [3.8, 4) is 11.5 Å². The van der Waals surface area contributed by atoms with E-state index >= 15 is 0 Å². The first-order chi connectivity index (χ1) is 10.5. The van der Waals surface area contributed by atoms with Crippen LogP contribution in [0.15, 0.2) is 41.0 Å². The molecule has 0 aliphatic rings. The van der Waals surface area contributed by atoms with Gasteiger partial charge in [0, 0.05) is 5.56 Å². The number of nitrogens with zero attached hydrogens (tertiary/aromatic N) is 2. The van der Waals surface area contributed by atoms with Crippen molar-refractivity contribution in [3.63, 3.8) is 0 Å². The summed E-state index contributed by atoms with van der Waals surface area (Å²) >= 11 is 8.78. The van der Waals surface area contributed by atoms with E-state index in [2.05, 4.69) is 34.9 Å². The molecule has 22 heavy (non-hydrogen) atoms. The zero-order valence-corrected chi connectivity index (χ0v) is 12.9. The van der Waals surface area contributed by atoms with Crippen LogP contribution in [0.5, 0.6) is 0 Å². The van der Waals surface area contributed by atoms with Crippen molar-refractivity contribution >= 4 is 40.7 Å². The lowest BCUT2D eigenvalue weighted by atomic mass is 10.2. The first-order valence-corrected chi connectivity index (χ1v) is 6.81. The van der Waals surface area contributed by atoms with Crippen LogP contribution < -0.4 is 5.48 Å². The largest absolute Gasteiger partial charge is 0.481 e. The molecule has 0 bridgehead atoms. The Morgan fingerprint density at radius 3 is 2.64 bits per heavy atom. The number of aromatic nitrogens is 2. The summed E-state index contributed by atoms with van der Waals surface area (Å²) in [5.41, 5.74) is 3.89. The van der Waals surface area contributed by atoms with Crippen LogP contribution in [0.25, 0.3) is 11.5 Å². The molecule has 0 fully saturated rings. The molecule has 0 unspecified atom stereocenters. The number of benzene rings is 1. The van der Waals surface area contributed by atoms with Crippen molar-refractivity contribution in [1.82, 2.24) is 10.2 Å². The Kier molecular flexibility index (Phi) is 5.12. The molecule has 0 radical (unpaired) electrons. The van der Waals surface area contributed by atoms with Crippen LogP contribution in [0.2, 0.25) is 0 Å². The fraction of sp³-hybridized carbons (Fsp3) is 0.0769. The van der Waals surface area contributed by atoms with Crippen LogP contribution in [0.4, 0.5) is 5.69 Å². The molecule has 0 saturated heterocycles. The van der Waals surface area contributed by atoms with Gasteiger partial charge in [-0.25, -0.2) is 5.48 Å². The third kappa shape index (κ3) is 4.30. The molecule has 9 heteroatoms. The first-order valence-electron chi connectivity index (χ1n) is 5.95. The third-order valence-electron chi connectivity index (χ3n) is 2.40. The summed E-state index contributed by atoms with van der Waals surface area (Å²) in [6.07, 6.45) is -0.278. The van der Waals surface area contributed by atoms with Crippen LogP contribution in [0.3, 0.4) is 0 Å². The Labute approximate surface area is 136 Å². The van der Waals surface area contributed by atoms with E-state index in [0.717, 1.165) is 0 Å². The molecule has 0 amide bonds. The number of thiol groups is 1. The Morgan fingerprint density at radius 1 is 1.41 bits per heavy atom. The molecule has 0 aliphatic heterocycles. The molecule has 1 heterocycles. The lowest BCUT2D eigenvalue weighted by Gasteiger charge is -2.09. The predicted octanol–water partition coefficient (Wildman–Crippen LogP) is 2.67. The number of hydrogen-bond donors (Lipinski definition) is 3. The fourth-order valence-corrected chi connectivity index (χ4v) is 1.62. The Hall–Kier alpha value is -2.39. The van der Waals surface area contributed by atoms with Crippen molar-refractivity contribution in [1.29, 1.82) is 0 Å². The van der Waals surface area contributed by atoms with E-state index in [0.29, 0.717) is 17.1 Å². The summed E-state index contributed by atoms with van der Waals surface area (Å²) in [5, 5.41) is 16.2. The smallest absolute Gasteiger partial charge is 0.311 e. The zero-order valence-electron chi connectivity index (χ0n) is 11.1. The van der Waals surface area contributed by atoms with Gasteiger partial charge >= 0.3 is 5.97 Å². The van der Waals surface area contributed by atoms with Gasteiger partial charge in [0.05, 0.1) is 5.69 Å². The Morgan fingerprint density at radius 2 is 2.09 bits per heavy atom. The third-order valence-corrected chi connectivity index (χ3v) is 2.77. The van der Waals surface area contributed by atoms with E-state index in [9.17, 15) is 4.79 Å². The predicted molar refractivity (Wildman–Crippen MR) is 86.5 cm³/mol. The highest BCUT2D eigenvalue weighted by atomic mass is 32.1. The van der Waals surface area contributed by atoms with Gasteiger partial charge in [-0.1, -0.05) is 18.8 Å². The summed E-state index contributed by atoms with van der Waals surface area (Å²) < 4.78 is 5.57. The highest BCUT2D eigenvalue weighted by molar-refractivity contribution is 8.11. The molecule has 0 atom stereocenters. The molecular weight excluding hydrogens is 326 g/mol. The molecular formula is C13H11N3O4S2. The number of aliphatic carboxylic acids is 1. The van der Waals surface area contributed by atoms with E-state index in [1.54, 1.807) is 24.3 Å². The van der Waals surface area contributed by atoms with Crippen LogP contribution in [0.1, 0.15) is 12.3 Å². The van der Waals surface area contributed by atoms with Crippen LogP contribution in [-0.2, 0) is 9.63 Å². The number of rotatable bonds is 7. The topological polar surface area (TPSA) is 97.5 Å². The van der Waals surface area contributed by atoms with Crippen molar-refractivity contribution in [2.75, 3.05) is 5.48 Å². The van der Waals surface area contributed by atoms with Gasteiger partial charge in [0.25, 0.3) is 5.89 Å². The fourth-order valence-electron chi connectivity index (χ4n) is 1.44. The van der Waals surface area contributed by atoms with E-state index in [-0.39, 0.29) is 22.3 Å². The minimum absolute atomic E-state index is 0.0976. The molecule has 0 aliphatic carbocycles. The number of thiocarbonyl (C=S) groups is 1. The summed E-state index contributed by atoms with van der Waals surface area (Å²) in [7, 11) is 0. The summed E-state index contributed by atoms with van der Waals surface area (Å²) in [6.45, 7) is 3.48. The minimum Gasteiger partial charge on any atom is -0.481 e. The standard InChI is InChI=1S/C13H11N3O4S2/c1-7(6-10(17)18)20-16-9-4-2-8(3-5-9)11-14-15-12(19-11)13(21)22/h2-5,16H,1,6H2,(H,17,18)(H,21,22). The summed E-state index contributed by atoms with van der Waals surface area (Å²) in [6, 6.07) is 6.85. The van der Waals surface area contributed by atoms with Gasteiger partial charge in [-0.3, -0.25) is 4.79 Å². The van der Waals surface area contributed by atoms with Crippen molar-refractivity contribution in [3.05, 3.63) is 42.5 Å². The molecule has 7 nitrogen and oxygen atoms in total. The quantitative estimate of drug-likeness (QED) is 0.307. The van der Waals surface area contributed by atoms with Gasteiger partial charge < -0.3 is 14.4 Å². The Bertz CT molecular complexity index is 712. The van der Waals surface area contributed by atoms with Crippen LogP contribution in [0, 0.1) is 0 Å². The molecule has 1 aromatic heterocycles. The van der Waals surface area contributed by atoms with Crippen molar-refractivity contribution < 1.29 is 19.2 Å².